The zero-order valence-electron chi connectivity index (χ0n) is 11.7. The first-order chi connectivity index (χ1) is 9.70. The predicted octanol–water partition coefficient (Wildman–Crippen LogP) is 0.854. The molecule has 1 aliphatic rings. The van der Waals surface area contributed by atoms with Crippen molar-refractivity contribution in [3.8, 4) is 11.8 Å². The van der Waals surface area contributed by atoms with Crippen LogP contribution in [-0.4, -0.2) is 48.7 Å². The minimum Gasteiger partial charge on any atom is -0.384 e. The standard InChI is InChI=1S/C16H20N2O2/c1-18(15-8-9-15)11-10-17-16(20)14-6-4-13(5-7-14)3-2-12-19/h4-7,15,19H,8-12H2,1H3,(H,17,20). The summed E-state index contributed by atoms with van der Waals surface area (Å²) in [5.74, 6) is 5.32. The fourth-order valence-electron chi connectivity index (χ4n) is 1.99. The van der Waals surface area contributed by atoms with E-state index in [9.17, 15) is 4.79 Å². The number of benzene rings is 1. The van der Waals surface area contributed by atoms with E-state index in [0.717, 1.165) is 18.2 Å². The molecular formula is C16H20N2O2. The second kappa shape index (κ2) is 7.09. The zero-order valence-corrected chi connectivity index (χ0v) is 11.7. The molecule has 0 bridgehead atoms. The van der Waals surface area contributed by atoms with Gasteiger partial charge in [-0.05, 0) is 44.2 Å². The van der Waals surface area contributed by atoms with Crippen molar-refractivity contribution in [1.82, 2.24) is 10.2 Å². The van der Waals surface area contributed by atoms with Gasteiger partial charge in [0.15, 0.2) is 0 Å². The molecule has 106 valence electrons. The third kappa shape index (κ3) is 4.37. The Morgan fingerprint density at radius 3 is 2.70 bits per heavy atom. The molecule has 2 N–H and O–H groups in total. The number of aliphatic hydroxyl groups excluding tert-OH is 1. The van der Waals surface area contributed by atoms with Gasteiger partial charge in [0.25, 0.3) is 5.91 Å². The molecule has 1 fully saturated rings. The zero-order chi connectivity index (χ0) is 14.4. The van der Waals surface area contributed by atoms with E-state index >= 15 is 0 Å². The van der Waals surface area contributed by atoms with Gasteiger partial charge in [0.1, 0.15) is 6.61 Å². The quantitative estimate of drug-likeness (QED) is 0.782. The van der Waals surface area contributed by atoms with Crippen LogP contribution in [0.2, 0.25) is 0 Å². The number of rotatable bonds is 5. The van der Waals surface area contributed by atoms with Gasteiger partial charge in [0.05, 0.1) is 0 Å². The van der Waals surface area contributed by atoms with Crippen molar-refractivity contribution in [2.45, 2.75) is 18.9 Å². The summed E-state index contributed by atoms with van der Waals surface area (Å²) in [5, 5.41) is 11.5. The molecule has 0 heterocycles. The molecule has 0 atom stereocenters. The average molecular weight is 272 g/mol. The van der Waals surface area contributed by atoms with E-state index in [1.54, 1.807) is 24.3 Å². The van der Waals surface area contributed by atoms with Gasteiger partial charge >= 0.3 is 0 Å². The van der Waals surface area contributed by atoms with Crippen LogP contribution in [0.15, 0.2) is 24.3 Å². The molecule has 1 amide bonds. The van der Waals surface area contributed by atoms with Crippen molar-refractivity contribution < 1.29 is 9.90 Å². The van der Waals surface area contributed by atoms with Gasteiger partial charge in [-0.1, -0.05) is 11.8 Å². The summed E-state index contributed by atoms with van der Waals surface area (Å²) in [4.78, 5) is 14.2. The summed E-state index contributed by atoms with van der Waals surface area (Å²) in [7, 11) is 2.10. The highest BCUT2D eigenvalue weighted by Crippen LogP contribution is 2.24. The first-order valence-electron chi connectivity index (χ1n) is 6.89. The Kier molecular flexibility index (Phi) is 5.16. The van der Waals surface area contributed by atoms with Crippen LogP contribution in [0.1, 0.15) is 28.8 Å². The molecule has 2 rings (SSSR count). The van der Waals surface area contributed by atoms with E-state index < -0.39 is 0 Å². The number of likely N-dealkylation sites (N-methyl/N-ethyl adjacent to an activating group) is 1. The maximum absolute atomic E-state index is 11.9. The number of carbonyl (C=O) groups excluding carboxylic acids is 1. The van der Waals surface area contributed by atoms with Gasteiger partial charge in [-0.15, -0.1) is 0 Å². The molecule has 4 heteroatoms. The van der Waals surface area contributed by atoms with Crippen molar-refractivity contribution in [2.24, 2.45) is 0 Å². The number of hydrogen-bond acceptors (Lipinski definition) is 3. The van der Waals surface area contributed by atoms with E-state index in [1.807, 2.05) is 0 Å². The molecule has 1 aromatic carbocycles. The van der Waals surface area contributed by atoms with Crippen LogP contribution in [0.3, 0.4) is 0 Å². The fraction of sp³-hybridized carbons (Fsp3) is 0.438. The van der Waals surface area contributed by atoms with Crippen molar-refractivity contribution in [1.29, 1.82) is 0 Å². The van der Waals surface area contributed by atoms with E-state index in [0.29, 0.717) is 12.1 Å². The summed E-state index contributed by atoms with van der Waals surface area (Å²) in [5.41, 5.74) is 1.43. The topological polar surface area (TPSA) is 52.6 Å². The summed E-state index contributed by atoms with van der Waals surface area (Å²) < 4.78 is 0. The molecule has 1 aromatic rings. The van der Waals surface area contributed by atoms with Gasteiger partial charge < -0.3 is 15.3 Å². The van der Waals surface area contributed by atoms with E-state index in [1.165, 1.54) is 12.8 Å². The van der Waals surface area contributed by atoms with Crippen LogP contribution in [0.4, 0.5) is 0 Å². The second-order valence-corrected chi connectivity index (χ2v) is 5.00. The third-order valence-corrected chi connectivity index (χ3v) is 3.38. The smallest absolute Gasteiger partial charge is 0.251 e. The monoisotopic (exact) mass is 272 g/mol. The van der Waals surface area contributed by atoms with Gasteiger partial charge in [0, 0.05) is 30.3 Å². The molecule has 0 saturated heterocycles. The lowest BCUT2D eigenvalue weighted by atomic mass is 10.1. The van der Waals surface area contributed by atoms with Gasteiger partial charge in [-0.3, -0.25) is 4.79 Å². The van der Waals surface area contributed by atoms with E-state index in [4.69, 9.17) is 5.11 Å². The number of hydrogen-bond donors (Lipinski definition) is 2. The Morgan fingerprint density at radius 2 is 2.10 bits per heavy atom. The largest absolute Gasteiger partial charge is 0.384 e. The maximum atomic E-state index is 11.9. The molecular weight excluding hydrogens is 252 g/mol. The van der Waals surface area contributed by atoms with Gasteiger partial charge in [-0.25, -0.2) is 0 Å². The van der Waals surface area contributed by atoms with Crippen LogP contribution in [0, 0.1) is 11.8 Å². The number of amides is 1. The minimum atomic E-state index is -0.156. The lowest BCUT2D eigenvalue weighted by Gasteiger charge is -2.15. The van der Waals surface area contributed by atoms with Crippen LogP contribution in [-0.2, 0) is 0 Å². The molecule has 1 aliphatic carbocycles. The molecule has 0 unspecified atom stereocenters. The van der Waals surface area contributed by atoms with E-state index in [-0.39, 0.29) is 12.5 Å². The first-order valence-corrected chi connectivity index (χ1v) is 6.89. The first kappa shape index (κ1) is 14.6. The van der Waals surface area contributed by atoms with Gasteiger partial charge in [-0.2, -0.15) is 0 Å². The van der Waals surface area contributed by atoms with E-state index in [2.05, 4.69) is 29.1 Å². The number of nitrogens with zero attached hydrogens (tertiary/aromatic N) is 1. The lowest BCUT2D eigenvalue weighted by Crippen LogP contribution is -2.33. The SMILES string of the molecule is CN(CCNC(=O)c1ccc(C#CCO)cc1)C1CC1. The molecule has 0 aliphatic heterocycles. The molecule has 4 nitrogen and oxygen atoms in total. The van der Waals surface area contributed by atoms with Crippen LogP contribution >= 0.6 is 0 Å². The highest BCUT2D eigenvalue weighted by molar-refractivity contribution is 5.94. The normalized spacial score (nSPS) is 13.8. The third-order valence-electron chi connectivity index (χ3n) is 3.38. The number of carbonyl (C=O) groups is 1. The molecule has 0 radical (unpaired) electrons. The summed E-state index contributed by atoms with van der Waals surface area (Å²) in [6.07, 6.45) is 2.56. The summed E-state index contributed by atoms with van der Waals surface area (Å²) in [6, 6.07) is 7.79. The van der Waals surface area contributed by atoms with Crippen molar-refractivity contribution in [3.05, 3.63) is 35.4 Å². The second-order valence-electron chi connectivity index (χ2n) is 5.00. The van der Waals surface area contributed by atoms with Crippen LogP contribution in [0.25, 0.3) is 0 Å². The Bertz CT molecular complexity index is 510. The average Bonchev–Trinajstić information content (AvgIpc) is 3.30. The summed E-state index contributed by atoms with van der Waals surface area (Å²) >= 11 is 0. The van der Waals surface area contributed by atoms with Crippen LogP contribution in [0.5, 0.6) is 0 Å². The predicted molar refractivity (Wildman–Crippen MR) is 78.4 cm³/mol. The molecule has 0 spiro atoms. The van der Waals surface area contributed by atoms with Crippen LogP contribution < -0.4 is 5.32 Å². The molecule has 20 heavy (non-hydrogen) atoms. The van der Waals surface area contributed by atoms with Crippen molar-refractivity contribution >= 4 is 5.91 Å². The Labute approximate surface area is 119 Å². The Morgan fingerprint density at radius 1 is 1.40 bits per heavy atom. The molecule has 1 saturated carbocycles. The summed E-state index contributed by atoms with van der Waals surface area (Å²) in [6.45, 7) is 1.39. The number of aliphatic hydroxyl groups is 1. The maximum Gasteiger partial charge on any atom is 0.251 e. The molecule has 0 aromatic heterocycles. The van der Waals surface area contributed by atoms with Crippen molar-refractivity contribution in [2.75, 3.05) is 26.7 Å². The number of nitrogens with one attached hydrogen (secondary N) is 1. The van der Waals surface area contributed by atoms with Gasteiger partial charge in [0.2, 0.25) is 0 Å². The highest BCUT2D eigenvalue weighted by atomic mass is 16.2. The fourth-order valence-corrected chi connectivity index (χ4v) is 1.99. The Hall–Kier alpha value is -1.83. The van der Waals surface area contributed by atoms with Crippen molar-refractivity contribution in [3.63, 3.8) is 0 Å². The Balaban J connectivity index is 1.79. The lowest BCUT2D eigenvalue weighted by molar-refractivity contribution is 0.0949. The highest BCUT2D eigenvalue weighted by Gasteiger charge is 2.25. The minimum absolute atomic E-state index is 0.0594.